The van der Waals surface area contributed by atoms with Crippen LogP contribution in [-0.4, -0.2) is 32.2 Å². The molecule has 26 heavy (non-hydrogen) atoms. The lowest BCUT2D eigenvalue weighted by Crippen LogP contribution is -2.32. The Morgan fingerprint density at radius 1 is 0.885 bits per heavy atom. The molecule has 0 saturated carbocycles. The molecule has 0 fully saturated rings. The van der Waals surface area contributed by atoms with Gasteiger partial charge in [0.15, 0.2) is 28.8 Å². The van der Waals surface area contributed by atoms with Crippen molar-refractivity contribution in [3.05, 3.63) is 47.0 Å². The van der Waals surface area contributed by atoms with Gasteiger partial charge in [0.05, 0.1) is 21.3 Å². The number of carbonyl (C=O) groups is 1. The predicted molar refractivity (Wildman–Crippen MR) is 98.7 cm³/mol. The Kier molecular flexibility index (Phi) is 4.81. The molecular weight excluding hydrogens is 332 g/mol. The van der Waals surface area contributed by atoms with Crippen molar-refractivity contribution in [2.24, 2.45) is 11.8 Å². The largest absolute Gasteiger partial charge is 0.504 e. The lowest BCUT2D eigenvalue weighted by atomic mass is 9.67. The molecule has 2 aromatic rings. The molecule has 0 aliphatic heterocycles. The van der Waals surface area contributed by atoms with Crippen molar-refractivity contribution in [3.8, 4) is 23.0 Å². The van der Waals surface area contributed by atoms with Crippen molar-refractivity contribution in [3.63, 3.8) is 0 Å². The number of phenols is 1. The number of ether oxygens (including phenoxy) is 3. The maximum absolute atomic E-state index is 12.9. The van der Waals surface area contributed by atoms with Crippen molar-refractivity contribution >= 4 is 5.78 Å². The van der Waals surface area contributed by atoms with Crippen LogP contribution in [0.2, 0.25) is 0 Å². The summed E-state index contributed by atoms with van der Waals surface area (Å²) < 4.78 is 16.1. The van der Waals surface area contributed by atoms with Crippen LogP contribution in [-0.2, 0) is 0 Å². The van der Waals surface area contributed by atoms with Crippen LogP contribution >= 0.6 is 0 Å². The van der Waals surface area contributed by atoms with Gasteiger partial charge in [-0.2, -0.15) is 0 Å². The monoisotopic (exact) mass is 356 g/mol. The second-order valence-corrected chi connectivity index (χ2v) is 6.72. The number of ketones is 1. The zero-order valence-electron chi connectivity index (χ0n) is 15.7. The molecular formula is C21H24O5. The Morgan fingerprint density at radius 3 is 2.12 bits per heavy atom. The summed E-state index contributed by atoms with van der Waals surface area (Å²) in [5.41, 5.74) is 2.55. The van der Waals surface area contributed by atoms with Crippen LogP contribution in [0.25, 0.3) is 0 Å². The summed E-state index contributed by atoms with van der Waals surface area (Å²) in [5.74, 6) is 1.69. The summed E-state index contributed by atoms with van der Waals surface area (Å²) >= 11 is 0. The van der Waals surface area contributed by atoms with Crippen molar-refractivity contribution < 1.29 is 24.1 Å². The molecule has 3 unspecified atom stereocenters. The minimum atomic E-state index is -0.134. The zero-order chi connectivity index (χ0) is 19.0. The van der Waals surface area contributed by atoms with Crippen molar-refractivity contribution in [1.82, 2.24) is 0 Å². The van der Waals surface area contributed by atoms with Gasteiger partial charge in [0.2, 0.25) is 0 Å². The first-order valence-electron chi connectivity index (χ1n) is 8.59. The Labute approximate surface area is 153 Å². The normalized spacial score (nSPS) is 21.9. The van der Waals surface area contributed by atoms with Gasteiger partial charge in [0.25, 0.3) is 0 Å². The molecule has 5 heteroatoms. The Balaban J connectivity index is 2.23. The van der Waals surface area contributed by atoms with E-state index in [1.807, 2.05) is 25.1 Å². The van der Waals surface area contributed by atoms with E-state index in [0.717, 1.165) is 11.1 Å². The van der Waals surface area contributed by atoms with Crippen LogP contribution < -0.4 is 14.2 Å². The van der Waals surface area contributed by atoms with Gasteiger partial charge in [-0.1, -0.05) is 19.9 Å². The SMILES string of the molecule is COc1cc(C2c3cc(OC)c(OC)cc3C(=O)C(C)C2C)ccc1O. The number of methoxy groups -OCH3 is 3. The number of aromatic hydroxyl groups is 1. The molecule has 138 valence electrons. The summed E-state index contributed by atoms with van der Waals surface area (Å²) in [6.45, 7) is 4.03. The van der Waals surface area contributed by atoms with E-state index in [-0.39, 0.29) is 29.3 Å². The first kappa shape index (κ1) is 18.1. The Hall–Kier alpha value is -2.69. The summed E-state index contributed by atoms with van der Waals surface area (Å²) in [5, 5.41) is 9.92. The fourth-order valence-electron chi connectivity index (χ4n) is 3.79. The van der Waals surface area contributed by atoms with Crippen LogP contribution in [0.3, 0.4) is 0 Å². The third-order valence-electron chi connectivity index (χ3n) is 5.45. The first-order valence-corrected chi connectivity index (χ1v) is 8.59. The molecule has 1 aliphatic rings. The highest BCUT2D eigenvalue weighted by Gasteiger charge is 2.39. The van der Waals surface area contributed by atoms with E-state index in [4.69, 9.17) is 14.2 Å². The molecule has 1 N–H and O–H groups in total. The number of fused-ring (bicyclic) bond motifs is 1. The molecule has 0 radical (unpaired) electrons. The lowest BCUT2D eigenvalue weighted by Gasteiger charge is -2.36. The number of phenolic OH excluding ortho intramolecular Hbond substituents is 1. The van der Waals surface area contributed by atoms with E-state index in [0.29, 0.717) is 22.8 Å². The second kappa shape index (κ2) is 6.90. The average Bonchev–Trinajstić information content (AvgIpc) is 2.66. The highest BCUT2D eigenvalue weighted by Crippen LogP contribution is 2.47. The van der Waals surface area contributed by atoms with Crippen molar-refractivity contribution in [2.45, 2.75) is 19.8 Å². The third kappa shape index (κ3) is 2.77. The molecule has 0 heterocycles. The number of hydrogen-bond acceptors (Lipinski definition) is 5. The third-order valence-corrected chi connectivity index (χ3v) is 5.45. The molecule has 0 spiro atoms. The van der Waals surface area contributed by atoms with Gasteiger partial charge in [0, 0.05) is 17.4 Å². The fourth-order valence-corrected chi connectivity index (χ4v) is 3.79. The number of hydrogen-bond donors (Lipinski definition) is 1. The van der Waals surface area contributed by atoms with E-state index in [2.05, 4.69) is 6.92 Å². The van der Waals surface area contributed by atoms with E-state index < -0.39 is 0 Å². The minimum absolute atomic E-state index is 0.0213. The quantitative estimate of drug-likeness (QED) is 0.896. The van der Waals surface area contributed by atoms with Gasteiger partial charge in [-0.3, -0.25) is 4.79 Å². The molecule has 3 atom stereocenters. The van der Waals surface area contributed by atoms with Crippen molar-refractivity contribution in [1.29, 1.82) is 0 Å². The van der Waals surface area contributed by atoms with Crippen LogP contribution in [0.4, 0.5) is 0 Å². The number of carbonyl (C=O) groups excluding carboxylic acids is 1. The molecule has 0 amide bonds. The smallest absolute Gasteiger partial charge is 0.166 e. The second-order valence-electron chi connectivity index (χ2n) is 6.72. The number of benzene rings is 2. The molecule has 0 bridgehead atoms. The summed E-state index contributed by atoms with van der Waals surface area (Å²) in [7, 11) is 4.67. The summed E-state index contributed by atoms with van der Waals surface area (Å²) in [6, 6.07) is 8.99. The van der Waals surface area contributed by atoms with Gasteiger partial charge in [-0.15, -0.1) is 0 Å². The van der Waals surface area contributed by atoms with Crippen LogP contribution in [0, 0.1) is 11.8 Å². The van der Waals surface area contributed by atoms with Gasteiger partial charge in [-0.05, 0) is 41.3 Å². The molecule has 5 nitrogen and oxygen atoms in total. The highest BCUT2D eigenvalue weighted by atomic mass is 16.5. The molecule has 3 rings (SSSR count). The van der Waals surface area contributed by atoms with Gasteiger partial charge in [0.1, 0.15) is 0 Å². The standard InChI is InChI=1S/C21H24O5/c1-11-12(2)21(23)15-10-19(26-5)18(25-4)9-14(15)20(11)13-6-7-16(22)17(8-13)24-3/h6-12,20,22H,1-5H3. The highest BCUT2D eigenvalue weighted by molar-refractivity contribution is 6.01. The van der Waals surface area contributed by atoms with E-state index in [1.165, 1.54) is 7.11 Å². The maximum atomic E-state index is 12.9. The van der Waals surface area contributed by atoms with Gasteiger partial charge >= 0.3 is 0 Å². The van der Waals surface area contributed by atoms with Crippen molar-refractivity contribution in [2.75, 3.05) is 21.3 Å². The predicted octanol–water partition coefficient (Wildman–Crippen LogP) is 4.02. The fraction of sp³-hybridized carbons (Fsp3) is 0.381. The average molecular weight is 356 g/mol. The van der Waals surface area contributed by atoms with E-state index >= 15 is 0 Å². The van der Waals surface area contributed by atoms with E-state index in [1.54, 1.807) is 26.4 Å². The number of rotatable bonds is 4. The minimum Gasteiger partial charge on any atom is -0.504 e. The molecule has 0 aromatic heterocycles. The van der Waals surface area contributed by atoms with E-state index in [9.17, 15) is 9.90 Å². The van der Waals surface area contributed by atoms with Crippen LogP contribution in [0.15, 0.2) is 30.3 Å². The molecule has 1 aliphatic carbocycles. The summed E-state index contributed by atoms with van der Waals surface area (Å²) in [4.78, 5) is 12.9. The first-order chi connectivity index (χ1) is 12.4. The van der Waals surface area contributed by atoms with Gasteiger partial charge < -0.3 is 19.3 Å². The Bertz CT molecular complexity index is 843. The Morgan fingerprint density at radius 2 is 1.50 bits per heavy atom. The summed E-state index contributed by atoms with van der Waals surface area (Å²) in [6.07, 6.45) is 0. The van der Waals surface area contributed by atoms with Crippen LogP contribution in [0.1, 0.15) is 41.3 Å². The van der Waals surface area contributed by atoms with Crippen LogP contribution in [0.5, 0.6) is 23.0 Å². The van der Waals surface area contributed by atoms with Gasteiger partial charge in [-0.25, -0.2) is 0 Å². The lowest BCUT2D eigenvalue weighted by molar-refractivity contribution is 0.0865. The number of Topliss-reactive ketones (excluding diaryl/α,β-unsaturated/α-hetero) is 1. The maximum Gasteiger partial charge on any atom is 0.166 e. The molecule has 0 saturated heterocycles. The zero-order valence-corrected chi connectivity index (χ0v) is 15.7. The topological polar surface area (TPSA) is 65.0 Å². The molecule has 2 aromatic carbocycles.